The van der Waals surface area contributed by atoms with E-state index >= 15 is 0 Å². The van der Waals surface area contributed by atoms with Crippen molar-refractivity contribution in [3.05, 3.63) is 96.7 Å². The van der Waals surface area contributed by atoms with Crippen molar-refractivity contribution in [1.82, 2.24) is 9.47 Å². The molecule has 240 valence electrons. The van der Waals surface area contributed by atoms with Gasteiger partial charge in [-0.05, 0) is 68.8 Å². The number of hydrogen-bond acceptors (Lipinski definition) is 9. The molecule has 1 amide bonds. The normalized spacial score (nSPS) is 14.5. The molecule has 0 aliphatic carbocycles. The van der Waals surface area contributed by atoms with Crippen LogP contribution in [0.15, 0.2) is 75.7 Å². The molecule has 3 aromatic carbocycles. The van der Waals surface area contributed by atoms with Crippen LogP contribution >= 0.6 is 11.3 Å². The third-order valence-electron chi connectivity index (χ3n) is 7.89. The van der Waals surface area contributed by atoms with Gasteiger partial charge in [0.2, 0.25) is 0 Å². The van der Waals surface area contributed by atoms with Gasteiger partial charge in [-0.15, -0.1) is 0 Å². The van der Waals surface area contributed by atoms with Crippen LogP contribution in [0.4, 0.5) is 0 Å². The Hall–Kier alpha value is -4.90. The van der Waals surface area contributed by atoms with Crippen molar-refractivity contribution in [3.63, 3.8) is 0 Å². The Morgan fingerprint density at radius 3 is 2.43 bits per heavy atom. The summed E-state index contributed by atoms with van der Waals surface area (Å²) in [6, 6.07) is 15.9. The number of amides is 1. The molecule has 0 saturated carbocycles. The van der Waals surface area contributed by atoms with Gasteiger partial charge in [-0.3, -0.25) is 14.2 Å². The molecule has 1 aliphatic heterocycles. The van der Waals surface area contributed by atoms with Crippen LogP contribution in [0.1, 0.15) is 44.9 Å². The maximum Gasteiger partial charge on any atom is 0.344 e. The van der Waals surface area contributed by atoms with Gasteiger partial charge in [0, 0.05) is 24.2 Å². The molecule has 1 aromatic heterocycles. The average molecular weight is 644 g/mol. The second-order valence-electron chi connectivity index (χ2n) is 10.5. The van der Waals surface area contributed by atoms with Gasteiger partial charge in [-0.2, -0.15) is 0 Å². The number of hydrogen-bond donors (Lipinski definition) is 0. The van der Waals surface area contributed by atoms with Crippen molar-refractivity contribution in [2.45, 2.75) is 33.7 Å². The summed E-state index contributed by atoms with van der Waals surface area (Å²) >= 11 is 1.22. The fourth-order valence-corrected chi connectivity index (χ4v) is 6.67. The minimum atomic E-state index is -0.830. The van der Waals surface area contributed by atoms with E-state index in [0.29, 0.717) is 62.1 Å². The lowest BCUT2D eigenvalue weighted by atomic mass is 9.93. The van der Waals surface area contributed by atoms with E-state index in [1.165, 1.54) is 11.3 Å². The second kappa shape index (κ2) is 14.0. The van der Waals surface area contributed by atoms with Gasteiger partial charge in [0.25, 0.3) is 11.5 Å². The number of ether oxygens (including phenoxy) is 4. The minimum absolute atomic E-state index is 0.209. The number of carbonyl (C=O) groups is 2. The van der Waals surface area contributed by atoms with E-state index in [0.717, 1.165) is 10.8 Å². The topological polar surface area (TPSA) is 109 Å². The lowest BCUT2D eigenvalue weighted by molar-refractivity contribution is -0.145. The van der Waals surface area contributed by atoms with Crippen molar-refractivity contribution < 1.29 is 28.5 Å². The first-order valence-electron chi connectivity index (χ1n) is 15.1. The number of fused-ring (bicyclic) bond motifs is 2. The van der Waals surface area contributed by atoms with Crippen molar-refractivity contribution in [1.29, 1.82) is 0 Å². The van der Waals surface area contributed by atoms with E-state index in [-0.39, 0.29) is 24.7 Å². The second-order valence-corrected chi connectivity index (χ2v) is 11.5. The summed E-state index contributed by atoms with van der Waals surface area (Å²) in [4.78, 5) is 47.6. The highest BCUT2D eigenvalue weighted by atomic mass is 32.1. The van der Waals surface area contributed by atoms with Crippen LogP contribution in [0.3, 0.4) is 0 Å². The third kappa shape index (κ3) is 6.15. The number of aromatic nitrogens is 1. The maximum absolute atomic E-state index is 14.5. The summed E-state index contributed by atoms with van der Waals surface area (Å²) in [6.45, 7) is 8.31. The molecule has 46 heavy (non-hydrogen) atoms. The molecular weight excluding hydrogens is 606 g/mol. The molecule has 0 spiro atoms. The molecule has 0 saturated heterocycles. The first kappa shape index (κ1) is 32.5. The molecule has 1 atom stereocenters. The zero-order chi connectivity index (χ0) is 33.0. The number of thiazole rings is 1. The van der Waals surface area contributed by atoms with Gasteiger partial charge in [-0.25, -0.2) is 9.79 Å². The van der Waals surface area contributed by atoms with Crippen LogP contribution in [0.25, 0.3) is 16.8 Å². The predicted octanol–water partition coefficient (Wildman–Crippen LogP) is 4.22. The minimum Gasteiger partial charge on any atom is -0.497 e. The SMILES string of the molecule is CCOC(=O)COc1ccc2ccccc2c1/C=c1/sc2n(c1=O)[C@@H](c1cc(OC)ccc1OC)C(C(=O)N(CC)CC)=C(C)N=2. The Labute approximate surface area is 270 Å². The molecule has 5 rings (SSSR count). The zero-order valence-electron chi connectivity index (χ0n) is 26.8. The molecule has 10 nitrogen and oxygen atoms in total. The first-order chi connectivity index (χ1) is 22.3. The summed E-state index contributed by atoms with van der Waals surface area (Å²) in [5.41, 5.74) is 1.81. The van der Waals surface area contributed by atoms with Crippen LogP contribution in [-0.2, 0) is 14.3 Å². The Bertz CT molecular complexity index is 2010. The van der Waals surface area contributed by atoms with E-state index in [1.54, 1.807) is 67.9 Å². The maximum atomic E-state index is 14.5. The summed E-state index contributed by atoms with van der Waals surface area (Å²) in [5, 5.41) is 1.78. The number of carbonyl (C=O) groups excluding carboxylic acids is 2. The van der Waals surface area contributed by atoms with E-state index in [4.69, 9.17) is 23.9 Å². The molecule has 0 radical (unpaired) electrons. The highest BCUT2D eigenvalue weighted by molar-refractivity contribution is 7.07. The fraction of sp³-hybridized carbons (Fsp3) is 0.314. The molecule has 2 heterocycles. The Morgan fingerprint density at radius 1 is 1.00 bits per heavy atom. The van der Waals surface area contributed by atoms with Crippen molar-refractivity contribution in [2.75, 3.05) is 40.5 Å². The van der Waals surface area contributed by atoms with Gasteiger partial charge in [0.05, 0.1) is 36.6 Å². The Kier molecular flexibility index (Phi) is 9.91. The molecule has 0 unspecified atom stereocenters. The number of allylic oxidation sites excluding steroid dienone is 1. The number of rotatable bonds is 11. The summed E-state index contributed by atoms with van der Waals surface area (Å²) in [7, 11) is 3.11. The van der Waals surface area contributed by atoms with E-state index in [1.807, 2.05) is 44.2 Å². The average Bonchev–Trinajstić information content (AvgIpc) is 3.37. The Balaban J connectivity index is 1.77. The summed E-state index contributed by atoms with van der Waals surface area (Å²) in [6.07, 6.45) is 1.76. The number of benzene rings is 3. The van der Waals surface area contributed by atoms with Gasteiger partial charge >= 0.3 is 5.97 Å². The van der Waals surface area contributed by atoms with Crippen LogP contribution in [0.5, 0.6) is 17.2 Å². The van der Waals surface area contributed by atoms with Crippen molar-refractivity contribution >= 4 is 40.1 Å². The van der Waals surface area contributed by atoms with Crippen LogP contribution in [0.2, 0.25) is 0 Å². The predicted molar refractivity (Wildman–Crippen MR) is 177 cm³/mol. The van der Waals surface area contributed by atoms with Gasteiger partial charge in [0.15, 0.2) is 11.4 Å². The largest absolute Gasteiger partial charge is 0.497 e. The van der Waals surface area contributed by atoms with Gasteiger partial charge < -0.3 is 23.8 Å². The molecule has 1 aliphatic rings. The van der Waals surface area contributed by atoms with Crippen LogP contribution < -0.4 is 29.1 Å². The van der Waals surface area contributed by atoms with Gasteiger partial charge in [-0.1, -0.05) is 41.7 Å². The van der Waals surface area contributed by atoms with Crippen LogP contribution in [0, 0.1) is 0 Å². The highest BCUT2D eigenvalue weighted by Crippen LogP contribution is 2.38. The smallest absolute Gasteiger partial charge is 0.344 e. The summed E-state index contributed by atoms with van der Waals surface area (Å²) in [5.74, 6) is 0.787. The molecular formula is C35H37N3O7S. The summed E-state index contributed by atoms with van der Waals surface area (Å²) < 4.78 is 24.2. The van der Waals surface area contributed by atoms with Gasteiger partial charge in [0.1, 0.15) is 23.3 Å². The van der Waals surface area contributed by atoms with Crippen molar-refractivity contribution in [2.24, 2.45) is 4.99 Å². The first-order valence-corrected chi connectivity index (χ1v) is 15.9. The van der Waals surface area contributed by atoms with E-state index in [2.05, 4.69) is 0 Å². The molecule has 11 heteroatoms. The number of esters is 1. The third-order valence-corrected chi connectivity index (χ3v) is 8.87. The molecule has 0 fully saturated rings. The fourth-order valence-electron chi connectivity index (χ4n) is 5.64. The quantitative estimate of drug-likeness (QED) is 0.225. The standard InChI is InChI=1S/C35H37N3O7S/c1-7-37(8-2)34(41)31-21(4)36-35-38(32(31)26-18-23(42-5)15-17-27(26)43-6)33(40)29(46-35)19-25-24-13-11-10-12-22(24)14-16-28(25)45-20-30(39)44-9-3/h10-19,32H,7-9,20H2,1-6H3/b29-19+/t32-/m0/s1. The van der Waals surface area contributed by atoms with E-state index < -0.39 is 12.0 Å². The number of likely N-dealkylation sites (N-methyl/N-ethyl adjacent to an activating group) is 1. The van der Waals surface area contributed by atoms with E-state index in [9.17, 15) is 14.4 Å². The van der Waals surface area contributed by atoms with Crippen LogP contribution in [-0.4, -0.2) is 61.9 Å². The highest BCUT2D eigenvalue weighted by Gasteiger charge is 2.36. The molecule has 0 N–H and O–H groups in total. The van der Waals surface area contributed by atoms with Crippen molar-refractivity contribution in [3.8, 4) is 17.2 Å². The number of methoxy groups -OCH3 is 2. The zero-order valence-corrected chi connectivity index (χ0v) is 27.6. The lowest BCUT2D eigenvalue weighted by Gasteiger charge is -2.30. The monoisotopic (exact) mass is 643 g/mol. The Morgan fingerprint density at radius 2 is 1.74 bits per heavy atom. The molecule has 4 aromatic rings. The molecule has 0 bridgehead atoms. The number of nitrogens with zero attached hydrogens (tertiary/aromatic N) is 3. The lowest BCUT2D eigenvalue weighted by Crippen LogP contribution is -2.43.